The highest BCUT2D eigenvalue weighted by molar-refractivity contribution is 7.13. The number of benzene rings is 2. The normalized spacial score (nSPS) is 11.8. The van der Waals surface area contributed by atoms with Gasteiger partial charge in [-0.25, -0.2) is 9.78 Å². The van der Waals surface area contributed by atoms with Crippen LogP contribution in [0.15, 0.2) is 84.5 Å². The van der Waals surface area contributed by atoms with Crippen molar-refractivity contribution in [1.82, 2.24) is 24.9 Å². The van der Waals surface area contributed by atoms with Crippen molar-refractivity contribution in [2.45, 2.75) is 12.5 Å². The summed E-state index contributed by atoms with van der Waals surface area (Å²) < 4.78 is 1.71. The van der Waals surface area contributed by atoms with E-state index in [-0.39, 0.29) is 12.0 Å². The molecule has 0 aliphatic rings. The lowest BCUT2D eigenvalue weighted by Crippen LogP contribution is -2.42. The molecule has 2 aromatic carbocycles. The van der Waals surface area contributed by atoms with Gasteiger partial charge in [0, 0.05) is 35.4 Å². The van der Waals surface area contributed by atoms with Crippen molar-refractivity contribution in [2.24, 2.45) is 0 Å². The molecular weight excluding hydrogens is 464 g/mol. The fourth-order valence-electron chi connectivity index (χ4n) is 3.69. The number of thiazole rings is 1. The van der Waals surface area contributed by atoms with Gasteiger partial charge >= 0.3 is 5.97 Å². The first-order valence-corrected chi connectivity index (χ1v) is 11.6. The molecular formula is C25H20N6O3S. The van der Waals surface area contributed by atoms with Crippen LogP contribution in [0.25, 0.3) is 17.0 Å². The summed E-state index contributed by atoms with van der Waals surface area (Å²) in [5.74, 6) is -1.07. The number of fused-ring (bicyclic) bond motifs is 1. The van der Waals surface area contributed by atoms with Crippen molar-refractivity contribution in [3.8, 4) is 11.4 Å². The van der Waals surface area contributed by atoms with Gasteiger partial charge in [-0.15, -0.1) is 21.5 Å². The number of carboxylic acid groups (broad SMARTS) is 1. The molecule has 35 heavy (non-hydrogen) atoms. The van der Waals surface area contributed by atoms with Gasteiger partial charge in [0.2, 0.25) is 0 Å². The van der Waals surface area contributed by atoms with Gasteiger partial charge in [0.1, 0.15) is 6.04 Å². The van der Waals surface area contributed by atoms with Crippen molar-refractivity contribution in [1.29, 1.82) is 0 Å². The van der Waals surface area contributed by atoms with E-state index < -0.39 is 17.9 Å². The maximum absolute atomic E-state index is 13.0. The maximum atomic E-state index is 13.0. The lowest BCUT2D eigenvalue weighted by Gasteiger charge is -2.15. The summed E-state index contributed by atoms with van der Waals surface area (Å²) in [7, 11) is 0. The highest BCUT2D eigenvalue weighted by Gasteiger charge is 2.23. The fourth-order valence-corrected chi connectivity index (χ4v) is 4.24. The van der Waals surface area contributed by atoms with Crippen LogP contribution in [0, 0.1) is 0 Å². The van der Waals surface area contributed by atoms with Gasteiger partial charge in [-0.1, -0.05) is 30.3 Å². The molecule has 10 heteroatoms. The second kappa shape index (κ2) is 9.74. The van der Waals surface area contributed by atoms with Gasteiger partial charge in [-0.2, -0.15) is 0 Å². The van der Waals surface area contributed by atoms with Crippen molar-refractivity contribution < 1.29 is 14.7 Å². The summed E-state index contributed by atoms with van der Waals surface area (Å²) in [4.78, 5) is 29.0. The van der Waals surface area contributed by atoms with E-state index in [2.05, 4.69) is 25.8 Å². The predicted octanol–water partition coefficient (Wildman–Crippen LogP) is 4.02. The minimum Gasteiger partial charge on any atom is -0.480 e. The van der Waals surface area contributed by atoms with E-state index in [1.807, 2.05) is 60.0 Å². The number of hydrogen-bond donors (Lipinski definition) is 3. The van der Waals surface area contributed by atoms with Crippen molar-refractivity contribution >= 4 is 39.7 Å². The van der Waals surface area contributed by atoms with Gasteiger partial charge < -0.3 is 15.7 Å². The highest BCUT2D eigenvalue weighted by atomic mass is 32.1. The molecule has 0 aliphatic carbocycles. The lowest BCUT2D eigenvalue weighted by atomic mass is 10.1. The first kappa shape index (κ1) is 22.2. The molecule has 0 aliphatic heterocycles. The lowest BCUT2D eigenvalue weighted by molar-refractivity contribution is -0.139. The van der Waals surface area contributed by atoms with E-state index >= 15 is 0 Å². The first-order chi connectivity index (χ1) is 17.1. The number of carbonyl (C=O) groups is 2. The average Bonchev–Trinajstić information content (AvgIpc) is 3.54. The molecule has 174 valence electrons. The van der Waals surface area contributed by atoms with Crippen LogP contribution in [0.3, 0.4) is 0 Å². The Balaban J connectivity index is 1.38. The molecule has 0 fully saturated rings. The van der Waals surface area contributed by atoms with Gasteiger partial charge in [0.15, 0.2) is 16.6 Å². The number of nitrogens with one attached hydrogen (secondary N) is 2. The number of carbonyl (C=O) groups excluding carboxylic acids is 1. The Morgan fingerprint density at radius 3 is 2.51 bits per heavy atom. The Morgan fingerprint density at radius 1 is 1.00 bits per heavy atom. The number of pyridine rings is 1. The topological polar surface area (TPSA) is 122 Å². The third-order valence-corrected chi connectivity index (χ3v) is 6.08. The molecule has 1 amide bonds. The Labute approximate surface area is 204 Å². The molecule has 0 radical (unpaired) electrons. The largest absolute Gasteiger partial charge is 0.480 e. The Hall–Kier alpha value is -4.57. The van der Waals surface area contributed by atoms with Crippen LogP contribution in [0.5, 0.6) is 0 Å². The molecule has 5 aromatic rings. The summed E-state index contributed by atoms with van der Waals surface area (Å²) in [6, 6.07) is 19.0. The molecule has 0 saturated heterocycles. The van der Waals surface area contributed by atoms with Crippen LogP contribution in [-0.2, 0) is 11.2 Å². The number of carboxylic acids is 1. The zero-order chi connectivity index (χ0) is 24.2. The van der Waals surface area contributed by atoms with E-state index in [9.17, 15) is 14.7 Å². The minimum absolute atomic E-state index is 0.171. The van der Waals surface area contributed by atoms with Crippen molar-refractivity contribution in [3.05, 3.63) is 95.6 Å². The molecule has 3 N–H and O–H groups in total. The van der Waals surface area contributed by atoms with Crippen LogP contribution < -0.4 is 10.6 Å². The number of hydrogen-bond acceptors (Lipinski definition) is 7. The van der Waals surface area contributed by atoms with Crippen LogP contribution in [0.1, 0.15) is 15.9 Å². The molecule has 0 bridgehead atoms. The van der Waals surface area contributed by atoms with E-state index in [4.69, 9.17) is 0 Å². The van der Waals surface area contributed by atoms with Crippen LogP contribution >= 0.6 is 11.3 Å². The zero-order valence-electron chi connectivity index (χ0n) is 18.3. The van der Waals surface area contributed by atoms with Crippen molar-refractivity contribution in [2.75, 3.05) is 5.32 Å². The quantitative estimate of drug-likeness (QED) is 0.304. The van der Waals surface area contributed by atoms with Crippen LogP contribution in [0.4, 0.5) is 10.8 Å². The third kappa shape index (κ3) is 4.87. The smallest absolute Gasteiger partial charge is 0.326 e. The Kier molecular flexibility index (Phi) is 6.18. The average molecular weight is 485 g/mol. The predicted molar refractivity (Wildman–Crippen MR) is 133 cm³/mol. The standard InChI is InChI=1S/C25H20N6O3S/c32-23(28-20(24(33)34)15-16-5-2-1-3-6-16)19-7-4-13-31-21(29-30-22(19)31)17-8-10-18(11-9-17)27-25-26-12-14-35-25/h1-14,20H,15H2,(H,26,27)(H,28,32)(H,33,34)/t20-/m0/s1. The zero-order valence-corrected chi connectivity index (χ0v) is 19.1. The van der Waals surface area contributed by atoms with Gasteiger partial charge in [-0.05, 0) is 42.0 Å². The fraction of sp³-hybridized carbons (Fsp3) is 0.0800. The maximum Gasteiger partial charge on any atom is 0.326 e. The first-order valence-electron chi connectivity index (χ1n) is 10.8. The molecule has 0 spiro atoms. The molecule has 0 saturated carbocycles. The summed E-state index contributed by atoms with van der Waals surface area (Å²) >= 11 is 1.51. The molecule has 5 rings (SSSR count). The van der Waals surface area contributed by atoms with Gasteiger partial charge in [0.05, 0.1) is 5.56 Å². The van der Waals surface area contributed by atoms with Gasteiger partial charge in [0.25, 0.3) is 5.91 Å². The molecule has 0 unspecified atom stereocenters. The SMILES string of the molecule is O=C(N[C@@H](Cc1ccccc1)C(=O)O)c1cccn2c(-c3ccc(Nc4nccs4)cc3)nnc12. The molecule has 3 heterocycles. The molecule has 9 nitrogen and oxygen atoms in total. The van der Waals surface area contributed by atoms with E-state index in [0.29, 0.717) is 11.5 Å². The number of anilines is 2. The summed E-state index contributed by atoms with van der Waals surface area (Å²) in [5.41, 5.74) is 3.10. The van der Waals surface area contributed by atoms with E-state index in [0.717, 1.165) is 21.9 Å². The summed E-state index contributed by atoms with van der Waals surface area (Å²) in [6.45, 7) is 0. The Morgan fingerprint density at radius 2 is 1.80 bits per heavy atom. The highest BCUT2D eigenvalue weighted by Crippen LogP contribution is 2.24. The molecule has 1 atom stereocenters. The number of aromatic nitrogens is 4. The van der Waals surface area contributed by atoms with Crippen molar-refractivity contribution in [3.63, 3.8) is 0 Å². The monoisotopic (exact) mass is 484 g/mol. The van der Waals surface area contributed by atoms with Crippen LogP contribution in [-0.4, -0.2) is 42.6 Å². The van der Waals surface area contributed by atoms with Crippen LogP contribution in [0.2, 0.25) is 0 Å². The Bertz CT molecular complexity index is 1470. The third-order valence-electron chi connectivity index (χ3n) is 5.39. The van der Waals surface area contributed by atoms with E-state index in [1.165, 1.54) is 11.3 Å². The number of rotatable bonds is 8. The van der Waals surface area contributed by atoms with Gasteiger partial charge in [-0.3, -0.25) is 9.20 Å². The van der Waals surface area contributed by atoms with E-state index in [1.54, 1.807) is 28.9 Å². The summed E-state index contributed by atoms with van der Waals surface area (Å²) in [5, 5.41) is 26.7. The summed E-state index contributed by atoms with van der Waals surface area (Å²) in [6.07, 6.45) is 3.67. The number of amides is 1. The second-order valence-electron chi connectivity index (χ2n) is 7.73. The number of aliphatic carboxylic acids is 1. The minimum atomic E-state index is -1.11. The second-order valence-corrected chi connectivity index (χ2v) is 8.63. The molecule has 3 aromatic heterocycles. The number of nitrogens with zero attached hydrogens (tertiary/aromatic N) is 4.